The van der Waals surface area contributed by atoms with Gasteiger partial charge in [-0.2, -0.15) is 0 Å². The summed E-state index contributed by atoms with van der Waals surface area (Å²) in [6, 6.07) is 5.13. The van der Waals surface area contributed by atoms with Gasteiger partial charge in [0, 0.05) is 10.7 Å². The fourth-order valence-corrected chi connectivity index (χ4v) is 5.58. The highest BCUT2D eigenvalue weighted by Crippen LogP contribution is 2.74. The lowest BCUT2D eigenvalue weighted by molar-refractivity contribution is -0.123. The lowest BCUT2D eigenvalue weighted by Gasteiger charge is -2.71. The van der Waals surface area contributed by atoms with Crippen molar-refractivity contribution in [2.45, 2.75) is 31.6 Å². The molecular weight excluding hydrogens is 275 g/mol. The lowest BCUT2D eigenvalue weighted by atomic mass is 9.34. The van der Waals surface area contributed by atoms with E-state index >= 15 is 0 Å². The van der Waals surface area contributed by atoms with Crippen LogP contribution >= 0.6 is 10.7 Å². The first kappa shape index (κ1) is 12.4. The van der Waals surface area contributed by atoms with Crippen molar-refractivity contribution in [1.82, 2.24) is 0 Å². The second-order valence-electron chi connectivity index (χ2n) is 5.98. The van der Waals surface area contributed by atoms with Crippen LogP contribution in [0.2, 0.25) is 0 Å². The summed E-state index contributed by atoms with van der Waals surface area (Å²) in [4.78, 5) is 0. The smallest absolute Gasteiger partial charge is 0.212 e. The Hall–Kier alpha value is -0.610. The van der Waals surface area contributed by atoms with Gasteiger partial charge in [-0.15, -0.1) is 0 Å². The first-order chi connectivity index (χ1) is 8.24. The van der Waals surface area contributed by atoms with Crippen molar-refractivity contribution in [1.29, 1.82) is 0 Å². The van der Waals surface area contributed by atoms with E-state index in [-0.39, 0.29) is 22.4 Å². The predicted octanol–water partition coefficient (Wildman–Crippen LogP) is 3.12. The van der Waals surface area contributed by atoms with Gasteiger partial charge in [-0.3, -0.25) is 0 Å². The maximum Gasteiger partial charge on any atom is 0.233 e. The Kier molecular flexibility index (Phi) is 2.40. The van der Waals surface area contributed by atoms with E-state index in [1.807, 2.05) is 13.0 Å². The average Bonchev–Trinajstić information content (AvgIpc) is 2.12. The molecule has 0 aliphatic heterocycles. The Morgan fingerprint density at radius 1 is 1.33 bits per heavy atom. The van der Waals surface area contributed by atoms with E-state index in [0.717, 1.165) is 30.4 Å². The standard InChI is InChI=1S/C13H14ClFO2S/c1-9-2-3-11(15)10(4-9)13-5-12(6-13,7-13)8-18(14,16)17/h2-4H,5-8H2,1H3. The van der Waals surface area contributed by atoms with Gasteiger partial charge in [-0.1, -0.05) is 17.7 Å². The normalized spacial score (nSPS) is 33.7. The van der Waals surface area contributed by atoms with E-state index in [9.17, 15) is 12.8 Å². The van der Waals surface area contributed by atoms with Crippen LogP contribution in [0.4, 0.5) is 4.39 Å². The third kappa shape index (κ3) is 1.77. The quantitative estimate of drug-likeness (QED) is 0.801. The van der Waals surface area contributed by atoms with E-state index < -0.39 is 9.05 Å². The number of halogens is 2. The van der Waals surface area contributed by atoms with Crippen molar-refractivity contribution in [2.75, 3.05) is 5.75 Å². The SMILES string of the molecule is Cc1ccc(F)c(C23CC(CS(=O)(=O)Cl)(C2)C3)c1. The molecule has 0 atom stereocenters. The third-order valence-electron chi connectivity index (χ3n) is 4.31. The largest absolute Gasteiger partial charge is 0.233 e. The molecule has 98 valence electrons. The number of rotatable bonds is 3. The summed E-state index contributed by atoms with van der Waals surface area (Å²) in [6.45, 7) is 1.94. The molecule has 1 aromatic rings. The molecule has 3 fully saturated rings. The first-order valence-corrected chi connectivity index (χ1v) is 8.41. The molecule has 1 aromatic carbocycles. The molecule has 0 aromatic heterocycles. The average molecular weight is 289 g/mol. The van der Waals surface area contributed by atoms with Crippen molar-refractivity contribution >= 4 is 19.7 Å². The van der Waals surface area contributed by atoms with E-state index in [0.29, 0.717) is 0 Å². The monoisotopic (exact) mass is 288 g/mol. The van der Waals surface area contributed by atoms with Crippen molar-refractivity contribution < 1.29 is 12.8 Å². The topological polar surface area (TPSA) is 34.1 Å². The van der Waals surface area contributed by atoms with Crippen LogP contribution in [-0.2, 0) is 14.5 Å². The number of benzene rings is 1. The van der Waals surface area contributed by atoms with E-state index in [2.05, 4.69) is 0 Å². The number of aryl methyl sites for hydroxylation is 1. The summed E-state index contributed by atoms with van der Waals surface area (Å²) in [6.07, 6.45) is 2.23. The molecule has 2 nitrogen and oxygen atoms in total. The highest BCUT2D eigenvalue weighted by Gasteiger charge is 2.69. The van der Waals surface area contributed by atoms with Crippen LogP contribution in [0.3, 0.4) is 0 Å². The number of hydrogen-bond donors (Lipinski definition) is 0. The molecular formula is C13H14ClFO2S. The summed E-state index contributed by atoms with van der Waals surface area (Å²) in [5.74, 6) is -0.154. The second kappa shape index (κ2) is 3.48. The maximum atomic E-state index is 13.8. The molecule has 0 heterocycles. The van der Waals surface area contributed by atoms with Crippen molar-refractivity contribution in [3.63, 3.8) is 0 Å². The highest BCUT2D eigenvalue weighted by atomic mass is 35.7. The molecule has 3 saturated carbocycles. The van der Waals surface area contributed by atoms with E-state index in [1.54, 1.807) is 6.07 Å². The van der Waals surface area contributed by atoms with Crippen LogP contribution in [0.25, 0.3) is 0 Å². The summed E-state index contributed by atoms with van der Waals surface area (Å²) in [5.41, 5.74) is 1.47. The molecule has 4 rings (SSSR count). The van der Waals surface area contributed by atoms with Gasteiger partial charge in [0.15, 0.2) is 0 Å². The molecule has 2 bridgehead atoms. The Bertz CT molecular complexity index is 604. The Labute approximate surface area is 111 Å². The summed E-state index contributed by atoms with van der Waals surface area (Å²) < 4.78 is 36.1. The third-order valence-corrected chi connectivity index (χ3v) is 5.60. The van der Waals surface area contributed by atoms with Crippen LogP contribution in [0.1, 0.15) is 30.4 Å². The second-order valence-corrected chi connectivity index (χ2v) is 8.75. The lowest BCUT2D eigenvalue weighted by Crippen LogP contribution is -2.66. The zero-order valence-electron chi connectivity index (χ0n) is 10.0. The van der Waals surface area contributed by atoms with Crippen molar-refractivity contribution in [2.24, 2.45) is 5.41 Å². The minimum atomic E-state index is -3.45. The van der Waals surface area contributed by atoms with E-state index in [4.69, 9.17) is 10.7 Å². The van der Waals surface area contributed by atoms with Gasteiger partial charge in [0.1, 0.15) is 5.82 Å². The molecule has 0 amide bonds. The summed E-state index contributed by atoms with van der Waals surface area (Å²) >= 11 is 0. The minimum Gasteiger partial charge on any atom is -0.212 e. The zero-order chi connectivity index (χ0) is 13.2. The van der Waals surface area contributed by atoms with Crippen LogP contribution in [0, 0.1) is 18.2 Å². The van der Waals surface area contributed by atoms with Gasteiger partial charge >= 0.3 is 0 Å². The fourth-order valence-electron chi connectivity index (χ4n) is 3.85. The molecule has 18 heavy (non-hydrogen) atoms. The van der Waals surface area contributed by atoms with Gasteiger partial charge in [0.2, 0.25) is 9.05 Å². The molecule has 5 heteroatoms. The summed E-state index contributed by atoms with van der Waals surface area (Å²) in [7, 11) is 1.85. The van der Waals surface area contributed by atoms with E-state index in [1.165, 1.54) is 6.07 Å². The van der Waals surface area contributed by atoms with Crippen LogP contribution in [-0.4, -0.2) is 14.2 Å². The zero-order valence-corrected chi connectivity index (χ0v) is 11.6. The van der Waals surface area contributed by atoms with Gasteiger partial charge in [0.05, 0.1) is 5.75 Å². The minimum absolute atomic E-state index is 0.0245. The molecule has 0 saturated heterocycles. The fraction of sp³-hybridized carbons (Fsp3) is 0.538. The Balaban J connectivity index is 1.82. The predicted molar refractivity (Wildman–Crippen MR) is 68.7 cm³/mol. The molecule has 0 spiro atoms. The first-order valence-electron chi connectivity index (χ1n) is 5.93. The molecule has 0 radical (unpaired) electrons. The van der Waals surface area contributed by atoms with Crippen LogP contribution in [0.5, 0.6) is 0 Å². The van der Waals surface area contributed by atoms with Crippen LogP contribution in [0.15, 0.2) is 18.2 Å². The van der Waals surface area contributed by atoms with Gasteiger partial charge in [0.25, 0.3) is 0 Å². The number of hydrogen-bond acceptors (Lipinski definition) is 2. The Morgan fingerprint density at radius 3 is 2.50 bits per heavy atom. The van der Waals surface area contributed by atoms with Gasteiger partial charge < -0.3 is 0 Å². The van der Waals surface area contributed by atoms with Gasteiger partial charge in [-0.05, 0) is 48.6 Å². The highest BCUT2D eigenvalue weighted by molar-refractivity contribution is 8.13. The maximum absolute atomic E-state index is 13.8. The molecule has 3 aliphatic carbocycles. The molecule has 0 N–H and O–H groups in total. The Morgan fingerprint density at radius 2 is 1.94 bits per heavy atom. The molecule has 3 aliphatic rings. The van der Waals surface area contributed by atoms with Crippen LogP contribution < -0.4 is 0 Å². The summed E-state index contributed by atoms with van der Waals surface area (Å²) in [5, 5.41) is 0. The van der Waals surface area contributed by atoms with Crippen molar-refractivity contribution in [3.8, 4) is 0 Å². The molecule has 0 unspecified atom stereocenters. The van der Waals surface area contributed by atoms with Gasteiger partial charge in [-0.25, -0.2) is 12.8 Å². The van der Waals surface area contributed by atoms with Crippen molar-refractivity contribution in [3.05, 3.63) is 35.1 Å².